The molecule has 3 rings (SSSR count). The predicted molar refractivity (Wildman–Crippen MR) is 83.3 cm³/mol. The zero-order valence-corrected chi connectivity index (χ0v) is 13.6. The van der Waals surface area contributed by atoms with Crippen LogP contribution in [0.3, 0.4) is 0 Å². The molecule has 2 saturated heterocycles. The van der Waals surface area contributed by atoms with Gasteiger partial charge in [-0.2, -0.15) is 9.57 Å². The molecular weight excluding hydrogens is 318 g/mol. The van der Waals surface area contributed by atoms with Crippen molar-refractivity contribution in [2.45, 2.75) is 18.1 Å². The lowest BCUT2D eigenvalue weighted by molar-refractivity contribution is 0.0725. The Labute approximate surface area is 135 Å². The van der Waals surface area contributed by atoms with Crippen molar-refractivity contribution in [3.05, 3.63) is 18.1 Å². The van der Waals surface area contributed by atoms with Gasteiger partial charge in [-0.3, -0.25) is 0 Å². The molecule has 1 atom stereocenters. The SMILES string of the molecule is N#Cc1nccnc1N1CCCC(S(=O)(=O)N2CCOCC2)C1. The molecule has 8 nitrogen and oxygen atoms in total. The first-order valence-corrected chi connectivity index (χ1v) is 9.16. The standard InChI is InChI=1S/C14H19N5O3S/c15-10-13-14(17-4-3-16-13)18-5-1-2-12(11-18)23(20,21)19-6-8-22-9-7-19/h3-4,12H,1-2,5-9,11H2. The number of nitrogens with zero attached hydrogens (tertiary/aromatic N) is 5. The van der Waals surface area contributed by atoms with Crippen LogP contribution in [0.1, 0.15) is 18.5 Å². The van der Waals surface area contributed by atoms with E-state index in [0.29, 0.717) is 51.6 Å². The highest BCUT2D eigenvalue weighted by Crippen LogP contribution is 2.25. The maximum absolute atomic E-state index is 12.8. The molecule has 9 heteroatoms. The average Bonchev–Trinajstić information content (AvgIpc) is 2.62. The molecule has 0 aliphatic carbocycles. The highest BCUT2D eigenvalue weighted by Gasteiger charge is 2.36. The molecule has 1 aromatic heterocycles. The van der Waals surface area contributed by atoms with Crippen LogP contribution in [0.5, 0.6) is 0 Å². The number of piperidine rings is 1. The van der Waals surface area contributed by atoms with Crippen molar-refractivity contribution in [2.75, 3.05) is 44.3 Å². The largest absolute Gasteiger partial charge is 0.379 e. The van der Waals surface area contributed by atoms with E-state index in [1.165, 1.54) is 16.7 Å². The molecule has 0 N–H and O–H groups in total. The number of morpholine rings is 1. The molecule has 124 valence electrons. The van der Waals surface area contributed by atoms with Crippen LogP contribution < -0.4 is 4.90 Å². The van der Waals surface area contributed by atoms with E-state index in [1.807, 2.05) is 11.0 Å². The lowest BCUT2D eigenvalue weighted by Gasteiger charge is -2.36. The van der Waals surface area contributed by atoms with E-state index in [0.717, 1.165) is 6.42 Å². The van der Waals surface area contributed by atoms with Gasteiger partial charge in [0.25, 0.3) is 0 Å². The van der Waals surface area contributed by atoms with Gasteiger partial charge in [-0.05, 0) is 12.8 Å². The molecule has 1 aromatic rings. The van der Waals surface area contributed by atoms with Gasteiger partial charge in [0.1, 0.15) is 6.07 Å². The summed E-state index contributed by atoms with van der Waals surface area (Å²) in [5, 5.41) is 8.68. The van der Waals surface area contributed by atoms with Gasteiger partial charge in [0.15, 0.2) is 11.5 Å². The fourth-order valence-corrected chi connectivity index (χ4v) is 4.94. The summed E-state index contributed by atoms with van der Waals surface area (Å²) in [7, 11) is -3.37. The van der Waals surface area contributed by atoms with Gasteiger partial charge in [0.2, 0.25) is 10.0 Å². The first-order valence-electron chi connectivity index (χ1n) is 7.65. The molecule has 3 heterocycles. The maximum Gasteiger partial charge on any atom is 0.218 e. The van der Waals surface area contributed by atoms with E-state index in [4.69, 9.17) is 10.00 Å². The van der Waals surface area contributed by atoms with Gasteiger partial charge in [0.05, 0.1) is 18.5 Å². The minimum atomic E-state index is -3.37. The van der Waals surface area contributed by atoms with Crippen LogP contribution in [-0.4, -0.2) is 67.3 Å². The van der Waals surface area contributed by atoms with Gasteiger partial charge in [-0.25, -0.2) is 18.4 Å². The number of rotatable bonds is 3. The minimum Gasteiger partial charge on any atom is -0.379 e. The topological polar surface area (TPSA) is 99.4 Å². The number of ether oxygens (including phenoxy) is 1. The summed E-state index contributed by atoms with van der Waals surface area (Å²) in [6.07, 6.45) is 4.36. The number of sulfonamides is 1. The van der Waals surface area contributed by atoms with Gasteiger partial charge in [-0.1, -0.05) is 0 Å². The third-order valence-corrected chi connectivity index (χ3v) is 6.53. The zero-order valence-electron chi connectivity index (χ0n) is 12.8. The Balaban J connectivity index is 1.79. The molecule has 0 radical (unpaired) electrons. The Kier molecular flexibility index (Phi) is 4.75. The zero-order chi connectivity index (χ0) is 16.3. The third kappa shape index (κ3) is 3.29. The summed E-state index contributed by atoms with van der Waals surface area (Å²) in [5.74, 6) is 0.469. The molecule has 2 aliphatic heterocycles. The summed E-state index contributed by atoms with van der Waals surface area (Å²) >= 11 is 0. The quantitative estimate of drug-likeness (QED) is 0.764. The Morgan fingerprint density at radius 3 is 2.70 bits per heavy atom. The predicted octanol–water partition coefficient (Wildman–Crippen LogP) is -0.0209. The molecule has 0 bridgehead atoms. The van der Waals surface area contributed by atoms with E-state index in [9.17, 15) is 8.42 Å². The van der Waals surface area contributed by atoms with Crippen molar-refractivity contribution in [2.24, 2.45) is 0 Å². The minimum absolute atomic E-state index is 0.233. The Morgan fingerprint density at radius 2 is 1.96 bits per heavy atom. The Morgan fingerprint density at radius 1 is 1.22 bits per heavy atom. The van der Waals surface area contributed by atoms with Crippen LogP contribution in [0.25, 0.3) is 0 Å². The van der Waals surface area contributed by atoms with Crippen molar-refractivity contribution in [3.63, 3.8) is 0 Å². The first-order chi connectivity index (χ1) is 11.1. The van der Waals surface area contributed by atoms with Crippen molar-refractivity contribution in [3.8, 4) is 6.07 Å². The fourth-order valence-electron chi connectivity index (χ4n) is 3.03. The van der Waals surface area contributed by atoms with Gasteiger partial charge in [-0.15, -0.1) is 0 Å². The monoisotopic (exact) mass is 337 g/mol. The number of nitriles is 1. The third-order valence-electron chi connectivity index (χ3n) is 4.21. The lowest BCUT2D eigenvalue weighted by atomic mass is 10.1. The second kappa shape index (κ2) is 6.78. The lowest BCUT2D eigenvalue weighted by Crippen LogP contribution is -2.51. The molecule has 1 unspecified atom stereocenters. The average molecular weight is 337 g/mol. The summed E-state index contributed by atoms with van der Waals surface area (Å²) < 4.78 is 32.4. The molecule has 2 aliphatic rings. The highest BCUT2D eigenvalue weighted by molar-refractivity contribution is 7.89. The van der Waals surface area contributed by atoms with Gasteiger partial charge >= 0.3 is 0 Å². The maximum atomic E-state index is 12.8. The second-order valence-corrected chi connectivity index (χ2v) is 7.82. The first kappa shape index (κ1) is 16.1. The molecular formula is C14H19N5O3S. The van der Waals surface area contributed by atoms with E-state index in [2.05, 4.69) is 9.97 Å². The van der Waals surface area contributed by atoms with Crippen molar-refractivity contribution >= 4 is 15.8 Å². The molecule has 0 saturated carbocycles. The van der Waals surface area contributed by atoms with Crippen molar-refractivity contribution in [1.29, 1.82) is 5.26 Å². The normalized spacial score (nSPS) is 23.4. The van der Waals surface area contributed by atoms with Crippen LogP contribution in [0.15, 0.2) is 12.4 Å². The summed E-state index contributed by atoms with van der Waals surface area (Å²) in [6.45, 7) is 2.73. The van der Waals surface area contributed by atoms with Crippen LogP contribution in [0.2, 0.25) is 0 Å². The number of aromatic nitrogens is 2. The van der Waals surface area contributed by atoms with Crippen molar-refractivity contribution < 1.29 is 13.2 Å². The van der Waals surface area contributed by atoms with Gasteiger partial charge in [0, 0.05) is 38.6 Å². The number of hydrogen-bond acceptors (Lipinski definition) is 7. The molecule has 23 heavy (non-hydrogen) atoms. The van der Waals surface area contributed by atoms with Crippen LogP contribution in [-0.2, 0) is 14.8 Å². The molecule has 0 aromatic carbocycles. The Bertz CT molecular complexity index is 697. The van der Waals surface area contributed by atoms with E-state index >= 15 is 0 Å². The molecule has 2 fully saturated rings. The summed E-state index contributed by atoms with van der Waals surface area (Å²) in [5.41, 5.74) is 0.233. The Hall–Kier alpha value is -1.76. The fraction of sp³-hybridized carbons (Fsp3) is 0.643. The second-order valence-electron chi connectivity index (χ2n) is 5.61. The number of anilines is 1. The van der Waals surface area contributed by atoms with Gasteiger partial charge < -0.3 is 9.64 Å². The van der Waals surface area contributed by atoms with Crippen LogP contribution >= 0.6 is 0 Å². The van der Waals surface area contributed by atoms with Crippen LogP contribution in [0, 0.1) is 11.3 Å². The molecule has 0 spiro atoms. The molecule has 0 amide bonds. The van der Waals surface area contributed by atoms with E-state index in [1.54, 1.807) is 0 Å². The van der Waals surface area contributed by atoms with E-state index in [-0.39, 0.29) is 5.69 Å². The van der Waals surface area contributed by atoms with Crippen LogP contribution in [0.4, 0.5) is 5.82 Å². The number of hydrogen-bond donors (Lipinski definition) is 0. The summed E-state index contributed by atoms with van der Waals surface area (Å²) in [4.78, 5) is 10.1. The van der Waals surface area contributed by atoms with E-state index < -0.39 is 15.3 Å². The highest BCUT2D eigenvalue weighted by atomic mass is 32.2. The van der Waals surface area contributed by atoms with Crippen molar-refractivity contribution in [1.82, 2.24) is 14.3 Å². The smallest absolute Gasteiger partial charge is 0.218 e. The summed E-state index contributed by atoms with van der Waals surface area (Å²) in [6, 6.07) is 2.02.